The molecule has 1 saturated heterocycles. The molecule has 0 bridgehead atoms. The van der Waals surface area contributed by atoms with Gasteiger partial charge in [-0.3, -0.25) is 14.5 Å². The topological polar surface area (TPSA) is 131 Å². The average molecular weight is 444 g/mol. The predicted molar refractivity (Wildman–Crippen MR) is 118 cm³/mol. The summed E-state index contributed by atoms with van der Waals surface area (Å²) in [6.07, 6.45) is 2.97. The fraction of sp³-hybridized carbons (Fsp3) is 0.545. The van der Waals surface area contributed by atoms with E-state index in [4.69, 9.17) is 5.11 Å². The molecule has 2 heterocycles. The van der Waals surface area contributed by atoms with Crippen LogP contribution in [-0.2, 0) is 4.79 Å². The third kappa shape index (κ3) is 4.95. The molecule has 0 radical (unpaired) electrons. The number of rotatable bonds is 5. The van der Waals surface area contributed by atoms with E-state index in [2.05, 4.69) is 16.0 Å². The molecule has 172 valence electrons. The first kappa shape index (κ1) is 21.9. The third-order valence-corrected chi connectivity index (χ3v) is 6.24. The van der Waals surface area contributed by atoms with Gasteiger partial charge in [0.15, 0.2) is 0 Å². The lowest BCUT2D eigenvalue weighted by Gasteiger charge is -2.32. The summed E-state index contributed by atoms with van der Waals surface area (Å²) in [6, 6.07) is 3.96. The molecular weight excluding hydrogens is 414 g/mol. The van der Waals surface area contributed by atoms with Gasteiger partial charge in [0.1, 0.15) is 0 Å². The van der Waals surface area contributed by atoms with Gasteiger partial charge in [0.25, 0.3) is 5.91 Å². The summed E-state index contributed by atoms with van der Waals surface area (Å²) in [7, 11) is 0. The molecule has 4 N–H and O–H groups in total. The number of likely N-dealkylation sites (tertiary alicyclic amines) is 1. The number of anilines is 2. The number of carbonyl (C=O) groups is 4. The summed E-state index contributed by atoms with van der Waals surface area (Å²) in [5, 5.41) is 17.1. The molecule has 1 aromatic rings. The average Bonchev–Trinajstić information content (AvgIpc) is 3.46. The number of fused-ring (bicyclic) bond motifs is 1. The van der Waals surface area contributed by atoms with Crippen LogP contribution in [0.25, 0.3) is 0 Å². The first-order valence-corrected chi connectivity index (χ1v) is 11.1. The van der Waals surface area contributed by atoms with Crippen LogP contribution in [0.15, 0.2) is 18.2 Å². The van der Waals surface area contributed by atoms with Crippen LogP contribution in [0.5, 0.6) is 0 Å². The normalized spacial score (nSPS) is 22.6. The summed E-state index contributed by atoms with van der Waals surface area (Å²) < 4.78 is 0. The Balaban J connectivity index is 1.52. The van der Waals surface area contributed by atoms with Crippen LogP contribution in [0.4, 0.5) is 21.0 Å². The van der Waals surface area contributed by atoms with Crippen molar-refractivity contribution in [3.8, 4) is 0 Å². The van der Waals surface area contributed by atoms with E-state index in [1.807, 2.05) is 0 Å². The van der Waals surface area contributed by atoms with Crippen LogP contribution in [0.2, 0.25) is 0 Å². The second kappa shape index (κ2) is 9.05. The highest BCUT2D eigenvalue weighted by atomic mass is 16.4. The van der Waals surface area contributed by atoms with Gasteiger partial charge in [-0.25, -0.2) is 9.59 Å². The molecule has 2 aliphatic heterocycles. The van der Waals surface area contributed by atoms with Gasteiger partial charge in [-0.15, -0.1) is 0 Å². The number of amides is 5. The minimum absolute atomic E-state index is 0.119. The summed E-state index contributed by atoms with van der Waals surface area (Å²) >= 11 is 0. The van der Waals surface area contributed by atoms with Gasteiger partial charge in [-0.05, 0) is 43.9 Å². The highest BCUT2D eigenvalue weighted by Gasteiger charge is 2.36. The zero-order chi connectivity index (χ0) is 22.8. The van der Waals surface area contributed by atoms with Gasteiger partial charge in [0.2, 0.25) is 5.91 Å². The fourth-order valence-electron chi connectivity index (χ4n) is 4.35. The van der Waals surface area contributed by atoms with Crippen LogP contribution in [-0.4, -0.2) is 65.7 Å². The maximum absolute atomic E-state index is 13.4. The molecular formula is C22H29N5O5. The monoisotopic (exact) mass is 443 g/mol. The van der Waals surface area contributed by atoms with E-state index in [9.17, 15) is 19.2 Å². The van der Waals surface area contributed by atoms with Crippen molar-refractivity contribution in [2.45, 2.75) is 51.1 Å². The maximum Gasteiger partial charge on any atom is 0.404 e. The van der Waals surface area contributed by atoms with Crippen molar-refractivity contribution in [1.29, 1.82) is 0 Å². The first-order chi connectivity index (χ1) is 15.3. The molecule has 5 amide bonds. The van der Waals surface area contributed by atoms with Gasteiger partial charge in [0.05, 0.1) is 17.4 Å². The Kier molecular flexibility index (Phi) is 6.20. The first-order valence-electron chi connectivity index (χ1n) is 11.1. The highest BCUT2D eigenvalue weighted by molar-refractivity contribution is 6.06. The Bertz CT molecular complexity index is 931. The molecule has 3 aliphatic rings. The number of hydrogen-bond donors (Lipinski definition) is 4. The minimum atomic E-state index is -1.12. The van der Waals surface area contributed by atoms with Crippen molar-refractivity contribution >= 4 is 35.3 Å². The summed E-state index contributed by atoms with van der Waals surface area (Å²) in [6.45, 7) is 3.11. The Morgan fingerprint density at radius 1 is 1.22 bits per heavy atom. The van der Waals surface area contributed by atoms with E-state index in [1.54, 1.807) is 34.9 Å². The third-order valence-electron chi connectivity index (χ3n) is 6.24. The lowest BCUT2D eigenvalue weighted by Crippen LogP contribution is -2.48. The predicted octanol–water partition coefficient (Wildman–Crippen LogP) is 2.22. The molecule has 2 fully saturated rings. The molecule has 4 rings (SSSR count). The molecule has 2 atom stereocenters. The summed E-state index contributed by atoms with van der Waals surface area (Å²) in [4.78, 5) is 52.4. The van der Waals surface area contributed by atoms with E-state index < -0.39 is 12.1 Å². The lowest BCUT2D eigenvalue weighted by molar-refractivity contribution is -0.116. The molecule has 10 heteroatoms. The molecule has 1 saturated carbocycles. The quantitative estimate of drug-likeness (QED) is 0.554. The number of carbonyl (C=O) groups excluding carboxylic acids is 3. The smallest absolute Gasteiger partial charge is 0.404 e. The summed E-state index contributed by atoms with van der Waals surface area (Å²) in [5.41, 5.74) is 1.37. The standard InChI is InChI=1S/C22H29N5O5/c1-13-10-19(28)25-17-11-15(20(29)23-8-6-14-2-3-14)4-5-18(17)27(13)22(32)26-9-7-16(12-26)24-21(30)31/h4-5,11,13-14,16,24H,2-3,6-10,12H2,1H3,(H,23,29)(H,25,28)(H,30,31)/t13-,16-/m0/s1. The fourth-order valence-corrected chi connectivity index (χ4v) is 4.35. The van der Waals surface area contributed by atoms with Crippen LogP contribution >= 0.6 is 0 Å². The molecule has 1 aromatic carbocycles. The number of carboxylic acid groups (broad SMARTS) is 1. The lowest BCUT2D eigenvalue weighted by atomic mass is 10.1. The Labute approximate surface area is 186 Å². The number of nitrogens with zero attached hydrogens (tertiary/aromatic N) is 2. The molecule has 0 unspecified atom stereocenters. The zero-order valence-electron chi connectivity index (χ0n) is 18.1. The second-order valence-electron chi connectivity index (χ2n) is 8.85. The van der Waals surface area contributed by atoms with Crippen molar-refractivity contribution in [3.05, 3.63) is 23.8 Å². The van der Waals surface area contributed by atoms with Crippen LogP contribution in [0, 0.1) is 5.92 Å². The van der Waals surface area contributed by atoms with Crippen molar-refractivity contribution < 1.29 is 24.3 Å². The van der Waals surface area contributed by atoms with Crippen LogP contribution in [0.3, 0.4) is 0 Å². The Morgan fingerprint density at radius 2 is 2.00 bits per heavy atom. The molecule has 32 heavy (non-hydrogen) atoms. The van der Waals surface area contributed by atoms with Crippen molar-refractivity contribution in [2.75, 3.05) is 29.9 Å². The maximum atomic E-state index is 13.4. The van der Waals surface area contributed by atoms with Gasteiger partial charge in [0, 0.05) is 37.7 Å². The van der Waals surface area contributed by atoms with Crippen LogP contribution in [0.1, 0.15) is 49.4 Å². The van der Waals surface area contributed by atoms with E-state index >= 15 is 0 Å². The molecule has 0 spiro atoms. The van der Waals surface area contributed by atoms with Gasteiger partial charge in [-0.2, -0.15) is 0 Å². The van der Waals surface area contributed by atoms with Crippen molar-refractivity contribution in [1.82, 2.24) is 15.5 Å². The van der Waals surface area contributed by atoms with Crippen LogP contribution < -0.4 is 20.9 Å². The Morgan fingerprint density at radius 3 is 2.72 bits per heavy atom. The highest BCUT2D eigenvalue weighted by Crippen LogP contribution is 2.34. The van der Waals surface area contributed by atoms with Crippen molar-refractivity contribution in [3.63, 3.8) is 0 Å². The van der Waals surface area contributed by atoms with E-state index in [0.29, 0.717) is 36.4 Å². The SMILES string of the molecule is C[C@H]1CC(=O)Nc2cc(C(=O)NCCC3CC3)ccc2N1C(=O)N1CC[C@H](NC(=O)O)C1. The molecule has 1 aliphatic carbocycles. The second-order valence-corrected chi connectivity index (χ2v) is 8.85. The number of hydrogen-bond acceptors (Lipinski definition) is 4. The minimum Gasteiger partial charge on any atom is -0.465 e. The van der Waals surface area contributed by atoms with Gasteiger partial charge < -0.3 is 26.0 Å². The van der Waals surface area contributed by atoms with E-state index in [0.717, 1.165) is 12.3 Å². The largest absolute Gasteiger partial charge is 0.465 e. The van der Waals surface area contributed by atoms with Gasteiger partial charge in [-0.1, -0.05) is 12.8 Å². The zero-order valence-corrected chi connectivity index (χ0v) is 18.1. The number of benzene rings is 1. The Hall–Kier alpha value is -3.30. The molecule has 0 aromatic heterocycles. The molecule has 10 nitrogen and oxygen atoms in total. The van der Waals surface area contributed by atoms with Gasteiger partial charge >= 0.3 is 12.1 Å². The van der Waals surface area contributed by atoms with Crippen molar-refractivity contribution in [2.24, 2.45) is 5.92 Å². The summed E-state index contributed by atoms with van der Waals surface area (Å²) in [5.74, 6) is 0.283. The number of urea groups is 1. The van der Waals surface area contributed by atoms with E-state index in [-0.39, 0.29) is 36.9 Å². The number of nitrogens with one attached hydrogen (secondary N) is 3. The van der Waals surface area contributed by atoms with E-state index in [1.165, 1.54) is 12.8 Å².